The van der Waals surface area contributed by atoms with Gasteiger partial charge in [0.2, 0.25) is 0 Å². The van der Waals surface area contributed by atoms with E-state index in [0.29, 0.717) is 0 Å². The maximum absolute atomic E-state index is 11.6. The van der Waals surface area contributed by atoms with E-state index in [1.165, 1.54) is 0 Å². The summed E-state index contributed by atoms with van der Waals surface area (Å²) in [6.07, 6.45) is 0. The van der Waals surface area contributed by atoms with Crippen molar-refractivity contribution in [2.75, 3.05) is 33.3 Å². The second-order valence-corrected chi connectivity index (χ2v) is 3.01. The highest BCUT2D eigenvalue weighted by atomic mass is 19.3. The molecule has 3 nitrogen and oxygen atoms in total. The largest absolute Gasteiger partial charge is 0.345 e. The fourth-order valence-electron chi connectivity index (χ4n) is 1.29. The van der Waals surface area contributed by atoms with Crippen molar-refractivity contribution >= 4 is 0 Å². The highest BCUT2D eigenvalue weighted by molar-refractivity contribution is 4.75. The minimum atomic E-state index is -2.65. The lowest BCUT2D eigenvalue weighted by Crippen LogP contribution is -2.51. The molecule has 1 aliphatic rings. The standard InChI is InChI=1S/C7H14F2N2O/c1-11-3-2-10-6(4-11)5-12-7(8)9/h6-7,10H,2-5H2,1H3. The molecular formula is C7H14F2N2O. The molecule has 0 aliphatic carbocycles. The summed E-state index contributed by atoms with van der Waals surface area (Å²) in [4.78, 5) is 2.09. The number of halogens is 2. The fourth-order valence-corrected chi connectivity index (χ4v) is 1.29. The summed E-state index contributed by atoms with van der Waals surface area (Å²) >= 11 is 0. The van der Waals surface area contributed by atoms with Crippen LogP contribution in [0.25, 0.3) is 0 Å². The number of likely N-dealkylation sites (N-methyl/N-ethyl adjacent to an activating group) is 1. The van der Waals surface area contributed by atoms with Gasteiger partial charge >= 0.3 is 6.61 Å². The Bertz CT molecular complexity index is 135. The zero-order valence-electron chi connectivity index (χ0n) is 7.09. The van der Waals surface area contributed by atoms with Gasteiger partial charge in [-0.05, 0) is 7.05 Å². The van der Waals surface area contributed by atoms with Crippen molar-refractivity contribution in [2.24, 2.45) is 0 Å². The van der Waals surface area contributed by atoms with Crippen LogP contribution >= 0.6 is 0 Å². The van der Waals surface area contributed by atoms with Crippen LogP contribution in [0.5, 0.6) is 0 Å². The molecule has 72 valence electrons. The molecule has 0 spiro atoms. The number of alkyl halides is 2. The van der Waals surface area contributed by atoms with Gasteiger partial charge in [-0.1, -0.05) is 0 Å². The van der Waals surface area contributed by atoms with E-state index in [4.69, 9.17) is 0 Å². The van der Waals surface area contributed by atoms with Gasteiger partial charge in [-0.3, -0.25) is 0 Å². The molecule has 1 saturated heterocycles. The molecule has 12 heavy (non-hydrogen) atoms. The quantitative estimate of drug-likeness (QED) is 0.668. The predicted octanol–water partition coefficient (Wildman–Crippen LogP) is 0.129. The molecule has 1 aliphatic heterocycles. The molecule has 0 amide bonds. The van der Waals surface area contributed by atoms with E-state index in [0.717, 1.165) is 19.6 Å². The molecule has 0 aromatic heterocycles. The Labute approximate surface area is 70.7 Å². The van der Waals surface area contributed by atoms with Crippen LogP contribution in [-0.4, -0.2) is 50.8 Å². The zero-order chi connectivity index (χ0) is 8.97. The summed E-state index contributed by atoms with van der Waals surface area (Å²) in [5.74, 6) is 0. The molecule has 5 heteroatoms. The minimum absolute atomic E-state index is 0.0396. The Morgan fingerprint density at radius 3 is 3.00 bits per heavy atom. The summed E-state index contributed by atoms with van der Waals surface area (Å²) in [6, 6.07) is 0.0396. The van der Waals surface area contributed by atoms with Crippen molar-refractivity contribution in [3.05, 3.63) is 0 Å². The summed E-state index contributed by atoms with van der Waals surface area (Å²) in [5, 5.41) is 3.10. The number of nitrogens with zero attached hydrogens (tertiary/aromatic N) is 1. The normalized spacial score (nSPS) is 26.5. The summed E-state index contributed by atoms with van der Waals surface area (Å²) in [7, 11) is 1.97. The van der Waals surface area contributed by atoms with Gasteiger partial charge in [-0.25, -0.2) is 0 Å². The molecule has 0 saturated carbocycles. The first-order chi connectivity index (χ1) is 5.68. The molecule has 0 aromatic rings. The second-order valence-electron chi connectivity index (χ2n) is 3.01. The Hall–Kier alpha value is -0.260. The molecule has 1 heterocycles. The van der Waals surface area contributed by atoms with E-state index >= 15 is 0 Å². The highest BCUT2D eigenvalue weighted by Gasteiger charge is 2.17. The first kappa shape index (κ1) is 9.83. The van der Waals surface area contributed by atoms with Gasteiger partial charge in [0.1, 0.15) is 0 Å². The van der Waals surface area contributed by atoms with Gasteiger partial charge in [0, 0.05) is 25.7 Å². The Morgan fingerprint density at radius 1 is 1.67 bits per heavy atom. The Morgan fingerprint density at radius 2 is 2.42 bits per heavy atom. The molecule has 0 bridgehead atoms. The average molecular weight is 180 g/mol. The third-order valence-electron chi connectivity index (χ3n) is 1.88. The smallest absolute Gasteiger partial charge is 0.321 e. The van der Waals surface area contributed by atoms with E-state index in [-0.39, 0.29) is 12.6 Å². The molecule has 1 N–H and O–H groups in total. The van der Waals surface area contributed by atoms with Gasteiger partial charge in [0.25, 0.3) is 0 Å². The number of piperazine rings is 1. The first-order valence-corrected chi connectivity index (χ1v) is 4.00. The fraction of sp³-hybridized carbons (Fsp3) is 1.00. The van der Waals surface area contributed by atoms with Crippen molar-refractivity contribution < 1.29 is 13.5 Å². The van der Waals surface area contributed by atoms with Crippen molar-refractivity contribution in [2.45, 2.75) is 12.7 Å². The van der Waals surface area contributed by atoms with Crippen LogP contribution in [0.1, 0.15) is 0 Å². The second kappa shape index (κ2) is 4.69. The molecule has 1 unspecified atom stereocenters. The molecule has 1 atom stereocenters. The third-order valence-corrected chi connectivity index (χ3v) is 1.88. The van der Waals surface area contributed by atoms with Crippen LogP contribution < -0.4 is 5.32 Å². The van der Waals surface area contributed by atoms with Crippen molar-refractivity contribution in [3.8, 4) is 0 Å². The van der Waals surface area contributed by atoms with Crippen LogP contribution in [0, 0.1) is 0 Å². The van der Waals surface area contributed by atoms with E-state index in [2.05, 4.69) is 15.0 Å². The molecular weight excluding hydrogens is 166 g/mol. The van der Waals surface area contributed by atoms with Crippen LogP contribution in [0.2, 0.25) is 0 Å². The third kappa shape index (κ3) is 3.42. The lowest BCUT2D eigenvalue weighted by Gasteiger charge is -2.30. The molecule has 0 aromatic carbocycles. The van der Waals surface area contributed by atoms with Crippen LogP contribution in [0.3, 0.4) is 0 Å². The van der Waals surface area contributed by atoms with E-state index in [1.54, 1.807) is 0 Å². The topological polar surface area (TPSA) is 24.5 Å². The maximum Gasteiger partial charge on any atom is 0.345 e. The summed E-state index contributed by atoms with van der Waals surface area (Å²) in [5.41, 5.74) is 0. The molecule has 1 fully saturated rings. The lowest BCUT2D eigenvalue weighted by atomic mass is 10.2. The van der Waals surface area contributed by atoms with Gasteiger partial charge in [-0.2, -0.15) is 8.78 Å². The van der Waals surface area contributed by atoms with Crippen molar-refractivity contribution in [1.29, 1.82) is 0 Å². The Kier molecular flexibility index (Phi) is 3.84. The minimum Gasteiger partial charge on any atom is -0.321 e. The number of hydrogen-bond donors (Lipinski definition) is 1. The lowest BCUT2D eigenvalue weighted by molar-refractivity contribution is -0.135. The number of ether oxygens (including phenoxy) is 1. The van der Waals surface area contributed by atoms with Crippen LogP contribution in [-0.2, 0) is 4.74 Å². The van der Waals surface area contributed by atoms with Gasteiger partial charge in [-0.15, -0.1) is 0 Å². The van der Waals surface area contributed by atoms with Gasteiger partial charge in [0.15, 0.2) is 0 Å². The van der Waals surface area contributed by atoms with Crippen molar-refractivity contribution in [1.82, 2.24) is 10.2 Å². The monoisotopic (exact) mass is 180 g/mol. The van der Waals surface area contributed by atoms with Crippen LogP contribution in [0.4, 0.5) is 8.78 Å². The van der Waals surface area contributed by atoms with Crippen molar-refractivity contribution in [3.63, 3.8) is 0 Å². The zero-order valence-corrected chi connectivity index (χ0v) is 7.09. The molecule has 1 rings (SSSR count). The SMILES string of the molecule is CN1CCNC(COC(F)F)C1. The maximum atomic E-state index is 11.6. The molecule has 0 radical (unpaired) electrons. The Balaban J connectivity index is 2.14. The average Bonchev–Trinajstić information content (AvgIpc) is 2.01. The predicted molar refractivity (Wildman–Crippen MR) is 41.2 cm³/mol. The van der Waals surface area contributed by atoms with E-state index in [1.807, 2.05) is 7.05 Å². The van der Waals surface area contributed by atoms with Crippen LogP contribution in [0.15, 0.2) is 0 Å². The highest BCUT2D eigenvalue weighted by Crippen LogP contribution is 2.00. The summed E-state index contributed by atoms with van der Waals surface area (Å²) in [6.45, 7) is 0.00671. The van der Waals surface area contributed by atoms with E-state index < -0.39 is 6.61 Å². The summed E-state index contributed by atoms with van der Waals surface area (Å²) < 4.78 is 27.5. The van der Waals surface area contributed by atoms with E-state index in [9.17, 15) is 8.78 Å². The number of hydrogen-bond acceptors (Lipinski definition) is 3. The number of nitrogens with one attached hydrogen (secondary N) is 1. The first-order valence-electron chi connectivity index (χ1n) is 4.00. The van der Waals surface area contributed by atoms with Gasteiger partial charge < -0.3 is 15.0 Å². The van der Waals surface area contributed by atoms with Gasteiger partial charge in [0.05, 0.1) is 6.61 Å². The number of rotatable bonds is 3.